The number of fused-ring (bicyclic) bond motifs is 2. The lowest BCUT2D eigenvalue weighted by molar-refractivity contribution is -0.210. The Bertz CT molecular complexity index is 485. The lowest BCUT2D eigenvalue weighted by Crippen LogP contribution is -2.40. The lowest BCUT2D eigenvalue weighted by Gasteiger charge is -2.28. The number of azo groups is 1. The Morgan fingerprint density at radius 2 is 1.76 bits per heavy atom. The average molecular weight is 316 g/mol. The standard InChI is InChI=1S/C13H20N2O5S/c1-11(2)16-5-7(17-11)8-9-10(20-12(3,4)18-9)13(19-8)15-14-6-21-13/h7-10H,5-6H2,1-4H3/t7-,8-,9+,10+,13-/m1/s1. The van der Waals surface area contributed by atoms with Gasteiger partial charge < -0.3 is 23.7 Å². The summed E-state index contributed by atoms with van der Waals surface area (Å²) in [6.07, 6.45) is -0.975. The van der Waals surface area contributed by atoms with Gasteiger partial charge in [0.2, 0.25) is 0 Å². The van der Waals surface area contributed by atoms with E-state index in [0.717, 1.165) is 0 Å². The van der Waals surface area contributed by atoms with Crippen LogP contribution in [0.3, 0.4) is 0 Å². The maximum Gasteiger partial charge on any atom is 0.258 e. The Morgan fingerprint density at radius 1 is 0.952 bits per heavy atom. The predicted octanol–water partition coefficient (Wildman–Crippen LogP) is 1.87. The van der Waals surface area contributed by atoms with Crippen LogP contribution in [-0.2, 0) is 23.7 Å². The normalized spacial score (nSPS) is 50.1. The van der Waals surface area contributed by atoms with E-state index < -0.39 is 16.6 Å². The molecule has 7 nitrogen and oxygen atoms in total. The zero-order chi connectivity index (χ0) is 14.9. The van der Waals surface area contributed by atoms with E-state index in [4.69, 9.17) is 23.7 Å². The zero-order valence-corrected chi connectivity index (χ0v) is 13.4. The smallest absolute Gasteiger partial charge is 0.258 e. The SMILES string of the molecule is CC1(C)OC[C@H]([C@H]2O[C@]3(N=NCS3)[C@H]3OC(C)(C)O[C@@H]23)O1. The third-order valence-corrected chi connectivity index (χ3v) is 5.12. The van der Waals surface area contributed by atoms with Crippen molar-refractivity contribution in [1.82, 2.24) is 0 Å². The molecule has 8 heteroatoms. The van der Waals surface area contributed by atoms with Crippen molar-refractivity contribution in [2.75, 3.05) is 12.5 Å². The number of nitrogens with zero attached hydrogens (tertiary/aromatic N) is 2. The van der Waals surface area contributed by atoms with Gasteiger partial charge in [0.15, 0.2) is 17.7 Å². The molecule has 1 spiro atoms. The van der Waals surface area contributed by atoms with Gasteiger partial charge in [0.05, 0.1) is 6.61 Å². The Labute approximate surface area is 127 Å². The molecule has 0 aromatic rings. The van der Waals surface area contributed by atoms with Crippen LogP contribution in [0.25, 0.3) is 0 Å². The molecule has 0 saturated carbocycles. The van der Waals surface area contributed by atoms with Crippen LogP contribution < -0.4 is 0 Å². The van der Waals surface area contributed by atoms with E-state index in [-0.39, 0.29) is 24.4 Å². The van der Waals surface area contributed by atoms with Crippen molar-refractivity contribution in [3.05, 3.63) is 0 Å². The fourth-order valence-electron chi connectivity index (χ4n) is 3.28. The molecule has 0 aromatic carbocycles. The number of hydrogen-bond acceptors (Lipinski definition) is 8. The summed E-state index contributed by atoms with van der Waals surface area (Å²) in [5.41, 5.74) is 0. The summed E-state index contributed by atoms with van der Waals surface area (Å²) in [6.45, 7) is 8.08. The molecule has 0 aromatic heterocycles. The second-order valence-corrected chi connectivity index (χ2v) is 7.75. The highest BCUT2D eigenvalue weighted by molar-refractivity contribution is 8.00. The van der Waals surface area contributed by atoms with Gasteiger partial charge in [0.1, 0.15) is 24.2 Å². The van der Waals surface area contributed by atoms with Crippen LogP contribution in [0.15, 0.2) is 10.2 Å². The summed E-state index contributed by atoms with van der Waals surface area (Å²) < 4.78 is 29.9. The number of hydrogen-bond donors (Lipinski definition) is 0. The molecule has 0 bridgehead atoms. The lowest BCUT2D eigenvalue weighted by atomic mass is 10.1. The third kappa shape index (κ3) is 2.24. The number of thioether (sulfide) groups is 1. The minimum absolute atomic E-state index is 0.194. The van der Waals surface area contributed by atoms with Crippen molar-refractivity contribution in [3.8, 4) is 0 Å². The monoisotopic (exact) mass is 316 g/mol. The van der Waals surface area contributed by atoms with Gasteiger partial charge in [-0.1, -0.05) is 11.8 Å². The minimum atomic E-state index is -0.806. The van der Waals surface area contributed by atoms with Crippen molar-refractivity contribution < 1.29 is 23.7 Å². The maximum absolute atomic E-state index is 6.20. The van der Waals surface area contributed by atoms with E-state index in [2.05, 4.69) is 10.2 Å². The van der Waals surface area contributed by atoms with E-state index in [1.807, 2.05) is 27.7 Å². The van der Waals surface area contributed by atoms with Gasteiger partial charge in [-0.2, -0.15) is 5.11 Å². The Balaban J connectivity index is 1.62. The molecule has 4 aliphatic heterocycles. The predicted molar refractivity (Wildman–Crippen MR) is 73.6 cm³/mol. The van der Waals surface area contributed by atoms with Gasteiger partial charge in [0, 0.05) is 0 Å². The first kappa shape index (κ1) is 14.3. The molecule has 5 atom stereocenters. The van der Waals surface area contributed by atoms with Crippen LogP contribution in [0.5, 0.6) is 0 Å². The molecule has 0 radical (unpaired) electrons. The third-order valence-electron chi connectivity index (χ3n) is 4.05. The van der Waals surface area contributed by atoms with Gasteiger partial charge in [-0.25, -0.2) is 0 Å². The van der Waals surface area contributed by atoms with Crippen molar-refractivity contribution >= 4 is 11.8 Å². The van der Waals surface area contributed by atoms with E-state index in [9.17, 15) is 0 Å². The molecule has 4 aliphatic rings. The van der Waals surface area contributed by atoms with Crippen molar-refractivity contribution in [1.29, 1.82) is 0 Å². The highest BCUT2D eigenvalue weighted by Gasteiger charge is 2.67. The zero-order valence-electron chi connectivity index (χ0n) is 12.6. The first-order valence-corrected chi connectivity index (χ1v) is 8.17. The summed E-state index contributed by atoms with van der Waals surface area (Å²) >= 11 is 1.53. The van der Waals surface area contributed by atoms with Crippen LogP contribution >= 0.6 is 11.8 Å². The van der Waals surface area contributed by atoms with E-state index >= 15 is 0 Å². The molecule has 3 fully saturated rings. The van der Waals surface area contributed by atoms with Crippen LogP contribution in [0.4, 0.5) is 0 Å². The Kier molecular flexibility index (Phi) is 3.00. The molecule has 0 amide bonds. The second-order valence-electron chi connectivity index (χ2n) is 6.62. The average Bonchev–Trinajstić information content (AvgIpc) is 3.08. The quantitative estimate of drug-likeness (QED) is 0.735. The Morgan fingerprint density at radius 3 is 2.38 bits per heavy atom. The molecule has 4 rings (SSSR count). The van der Waals surface area contributed by atoms with Crippen LogP contribution in [0.1, 0.15) is 27.7 Å². The van der Waals surface area contributed by atoms with Gasteiger partial charge in [0.25, 0.3) is 5.06 Å². The first-order valence-electron chi connectivity index (χ1n) is 7.18. The molecule has 0 unspecified atom stereocenters. The van der Waals surface area contributed by atoms with Crippen molar-refractivity contribution in [2.24, 2.45) is 10.2 Å². The molecule has 3 saturated heterocycles. The Hall–Kier alpha value is -0.250. The van der Waals surface area contributed by atoms with E-state index in [1.54, 1.807) is 0 Å². The molecular formula is C13H20N2O5S. The summed E-state index contributed by atoms with van der Waals surface area (Å²) in [6, 6.07) is 0. The topological polar surface area (TPSA) is 70.9 Å². The highest BCUT2D eigenvalue weighted by Crippen LogP contribution is 2.53. The van der Waals surface area contributed by atoms with Gasteiger partial charge >= 0.3 is 0 Å². The first-order chi connectivity index (χ1) is 9.80. The highest BCUT2D eigenvalue weighted by atomic mass is 32.2. The molecule has 0 aliphatic carbocycles. The van der Waals surface area contributed by atoms with E-state index in [0.29, 0.717) is 12.5 Å². The summed E-state index contributed by atoms with van der Waals surface area (Å²) in [4.78, 5) is 0. The van der Waals surface area contributed by atoms with Gasteiger partial charge in [-0.3, -0.25) is 0 Å². The molecule has 4 heterocycles. The van der Waals surface area contributed by atoms with Gasteiger partial charge in [-0.15, -0.1) is 5.11 Å². The van der Waals surface area contributed by atoms with Crippen LogP contribution in [0.2, 0.25) is 0 Å². The minimum Gasteiger partial charge on any atom is -0.348 e. The van der Waals surface area contributed by atoms with E-state index in [1.165, 1.54) is 11.8 Å². The van der Waals surface area contributed by atoms with Crippen molar-refractivity contribution in [3.63, 3.8) is 0 Å². The largest absolute Gasteiger partial charge is 0.348 e. The molecular weight excluding hydrogens is 296 g/mol. The summed E-state index contributed by atoms with van der Waals surface area (Å²) in [7, 11) is 0. The maximum atomic E-state index is 6.20. The number of ether oxygens (including phenoxy) is 5. The van der Waals surface area contributed by atoms with Crippen molar-refractivity contribution in [2.45, 2.75) is 68.7 Å². The van der Waals surface area contributed by atoms with Crippen LogP contribution in [0, 0.1) is 0 Å². The fraction of sp³-hybridized carbons (Fsp3) is 1.00. The fourth-order valence-corrected chi connectivity index (χ4v) is 4.22. The summed E-state index contributed by atoms with van der Waals surface area (Å²) in [5.74, 6) is -0.677. The summed E-state index contributed by atoms with van der Waals surface area (Å²) in [5, 5.41) is 7.56. The molecule has 0 N–H and O–H groups in total. The van der Waals surface area contributed by atoms with Crippen LogP contribution in [-0.4, -0.2) is 53.5 Å². The molecule has 21 heavy (non-hydrogen) atoms. The second kappa shape index (κ2) is 4.39. The number of rotatable bonds is 1. The van der Waals surface area contributed by atoms with Gasteiger partial charge in [-0.05, 0) is 27.7 Å². The molecule has 118 valence electrons.